The van der Waals surface area contributed by atoms with E-state index in [9.17, 15) is 23.1 Å². The smallest absolute Gasteiger partial charge is 0.424 e. The van der Waals surface area contributed by atoms with Gasteiger partial charge in [-0.3, -0.25) is 4.79 Å². The van der Waals surface area contributed by atoms with Crippen molar-refractivity contribution in [1.29, 1.82) is 0 Å². The lowest BCUT2D eigenvalue weighted by molar-refractivity contribution is -0.274. The summed E-state index contributed by atoms with van der Waals surface area (Å²) in [6.45, 7) is 2.76. The van der Waals surface area contributed by atoms with Crippen LogP contribution in [0.15, 0.2) is 45.7 Å². The number of carbonyl (C=O) groups is 1. The second-order valence-corrected chi connectivity index (χ2v) is 7.87. The summed E-state index contributed by atoms with van der Waals surface area (Å²) in [5.41, 5.74) is -3.17. The van der Waals surface area contributed by atoms with E-state index in [1.54, 1.807) is 31.2 Å². The van der Waals surface area contributed by atoms with Crippen LogP contribution in [0.5, 0.6) is 0 Å². The summed E-state index contributed by atoms with van der Waals surface area (Å²) in [5, 5.41) is 12.6. The molecule has 0 aliphatic heterocycles. The van der Waals surface area contributed by atoms with Crippen LogP contribution in [0.3, 0.4) is 0 Å². The number of alkyl halides is 3. The molecular weight excluding hydrogens is 403 g/mol. The van der Waals surface area contributed by atoms with Crippen molar-refractivity contribution in [1.82, 2.24) is 5.32 Å². The highest BCUT2D eigenvalue weighted by Crippen LogP contribution is 2.42. The summed E-state index contributed by atoms with van der Waals surface area (Å²) in [4.78, 5) is 13.0. The van der Waals surface area contributed by atoms with E-state index in [4.69, 9.17) is 16.0 Å². The molecule has 0 saturated carbocycles. The fraction of sp³-hybridized carbons (Fsp3) is 0.389. The van der Waals surface area contributed by atoms with Crippen molar-refractivity contribution in [3.8, 4) is 0 Å². The Kier molecular flexibility index (Phi) is 6.88. The fourth-order valence-electron chi connectivity index (χ4n) is 2.34. The predicted octanol–water partition coefficient (Wildman–Crippen LogP) is 4.68. The Morgan fingerprint density at radius 1 is 1.26 bits per heavy atom. The topological polar surface area (TPSA) is 62.5 Å². The van der Waals surface area contributed by atoms with Crippen LogP contribution in [0, 0.1) is 6.92 Å². The molecule has 1 amide bonds. The van der Waals surface area contributed by atoms with Crippen LogP contribution >= 0.6 is 23.4 Å². The van der Waals surface area contributed by atoms with Gasteiger partial charge in [-0.05, 0) is 50.2 Å². The zero-order valence-electron chi connectivity index (χ0n) is 14.6. The third kappa shape index (κ3) is 5.43. The second kappa shape index (κ2) is 8.58. The summed E-state index contributed by atoms with van der Waals surface area (Å²) in [6.07, 6.45) is -5.70. The minimum Gasteiger partial charge on any atom is -0.463 e. The summed E-state index contributed by atoms with van der Waals surface area (Å²) >= 11 is 7.05. The van der Waals surface area contributed by atoms with Gasteiger partial charge in [0.2, 0.25) is 11.5 Å². The van der Waals surface area contributed by atoms with Crippen LogP contribution in [0.4, 0.5) is 13.2 Å². The average molecular weight is 422 g/mol. The Morgan fingerprint density at radius 2 is 1.89 bits per heavy atom. The molecule has 0 bridgehead atoms. The zero-order chi connectivity index (χ0) is 20.2. The van der Waals surface area contributed by atoms with Crippen molar-refractivity contribution < 1.29 is 27.5 Å². The highest BCUT2D eigenvalue weighted by molar-refractivity contribution is 8.00. The number of nitrogens with one attached hydrogen (secondary N) is 1. The van der Waals surface area contributed by atoms with Gasteiger partial charge in [0.25, 0.3) is 0 Å². The van der Waals surface area contributed by atoms with Crippen molar-refractivity contribution >= 4 is 29.3 Å². The van der Waals surface area contributed by atoms with Gasteiger partial charge in [-0.1, -0.05) is 11.6 Å². The number of amides is 1. The van der Waals surface area contributed by atoms with Crippen LogP contribution in [0.2, 0.25) is 5.02 Å². The van der Waals surface area contributed by atoms with Crippen LogP contribution in [0.25, 0.3) is 0 Å². The summed E-state index contributed by atoms with van der Waals surface area (Å²) in [6, 6.07) is 9.29. The van der Waals surface area contributed by atoms with Crippen molar-refractivity contribution in [2.24, 2.45) is 0 Å². The van der Waals surface area contributed by atoms with E-state index in [1.165, 1.54) is 24.8 Å². The molecule has 0 saturated heterocycles. The molecule has 2 atom stereocenters. The number of hydrogen-bond acceptors (Lipinski definition) is 4. The van der Waals surface area contributed by atoms with Crippen molar-refractivity contribution in [3.63, 3.8) is 0 Å². The van der Waals surface area contributed by atoms with Gasteiger partial charge in [0.15, 0.2) is 0 Å². The van der Waals surface area contributed by atoms with Crippen LogP contribution in [-0.2, 0) is 10.4 Å². The normalized spacial score (nSPS) is 15.2. The first kappa shape index (κ1) is 21.7. The van der Waals surface area contributed by atoms with Crippen LogP contribution in [0.1, 0.15) is 24.9 Å². The molecular formula is C18H19ClF3NO3S. The number of rotatable bonds is 7. The molecule has 0 fully saturated rings. The van der Waals surface area contributed by atoms with Gasteiger partial charge in [-0.15, -0.1) is 11.8 Å². The first-order valence-electron chi connectivity index (χ1n) is 8.09. The summed E-state index contributed by atoms with van der Waals surface area (Å²) in [7, 11) is 0. The minimum absolute atomic E-state index is 0.254. The molecule has 2 aromatic rings. The Morgan fingerprint density at radius 3 is 2.41 bits per heavy atom. The van der Waals surface area contributed by atoms with E-state index in [2.05, 4.69) is 5.32 Å². The molecule has 148 valence electrons. The maximum Gasteiger partial charge on any atom is 0.424 e. The predicted molar refractivity (Wildman–Crippen MR) is 97.8 cm³/mol. The Labute approximate surface area is 164 Å². The van der Waals surface area contributed by atoms with E-state index in [0.29, 0.717) is 5.02 Å². The number of aliphatic hydroxyl groups is 1. The van der Waals surface area contributed by atoms with E-state index >= 15 is 0 Å². The monoisotopic (exact) mass is 421 g/mol. The number of halogens is 4. The number of thioether (sulfide) groups is 1. The molecule has 1 heterocycles. The molecule has 2 N–H and O–H groups in total. The van der Waals surface area contributed by atoms with Gasteiger partial charge in [-0.2, -0.15) is 13.2 Å². The van der Waals surface area contributed by atoms with E-state index in [0.717, 1.165) is 11.0 Å². The lowest BCUT2D eigenvalue weighted by Crippen LogP contribution is -2.45. The Bertz CT molecular complexity index is 779. The van der Waals surface area contributed by atoms with Crippen molar-refractivity contribution in [2.75, 3.05) is 6.54 Å². The lowest BCUT2D eigenvalue weighted by Gasteiger charge is -2.28. The quantitative estimate of drug-likeness (QED) is 0.637. The standard InChI is InChI=1S/C18H19ClF3NO3S/c1-11-3-8-15(26-11)17(25,18(20,21)22)9-10-23-16(24)12(2)27-14-6-4-13(19)5-7-14/h3-8,12,25H,9-10H2,1-2H3,(H,23,24)/t12-,17+/m0/s1. The maximum absolute atomic E-state index is 13.4. The van der Waals surface area contributed by atoms with E-state index in [1.807, 2.05) is 0 Å². The lowest BCUT2D eigenvalue weighted by atomic mass is 9.95. The van der Waals surface area contributed by atoms with E-state index < -0.39 is 35.1 Å². The highest BCUT2D eigenvalue weighted by Gasteiger charge is 2.56. The van der Waals surface area contributed by atoms with Crippen LogP contribution in [-0.4, -0.2) is 29.0 Å². The minimum atomic E-state index is -4.94. The molecule has 0 aliphatic rings. The van der Waals surface area contributed by atoms with Gasteiger partial charge in [-0.25, -0.2) is 0 Å². The molecule has 2 rings (SSSR count). The van der Waals surface area contributed by atoms with Crippen molar-refractivity contribution in [2.45, 2.75) is 42.2 Å². The third-order valence-electron chi connectivity index (χ3n) is 3.90. The van der Waals surface area contributed by atoms with Gasteiger partial charge in [0.1, 0.15) is 11.5 Å². The van der Waals surface area contributed by atoms with Gasteiger partial charge < -0.3 is 14.8 Å². The molecule has 27 heavy (non-hydrogen) atoms. The SMILES string of the molecule is Cc1ccc([C@](O)(CCNC(=O)[C@H](C)Sc2ccc(Cl)cc2)C(F)(F)F)o1. The Balaban J connectivity index is 1.95. The third-order valence-corrected chi connectivity index (χ3v) is 5.26. The van der Waals surface area contributed by atoms with Gasteiger partial charge >= 0.3 is 6.18 Å². The molecule has 9 heteroatoms. The largest absolute Gasteiger partial charge is 0.463 e. The van der Waals surface area contributed by atoms with Crippen LogP contribution < -0.4 is 5.32 Å². The Hall–Kier alpha value is -1.64. The first-order valence-corrected chi connectivity index (χ1v) is 9.34. The number of benzene rings is 1. The molecule has 0 aliphatic carbocycles. The maximum atomic E-state index is 13.4. The zero-order valence-corrected chi connectivity index (χ0v) is 16.2. The number of hydrogen-bond donors (Lipinski definition) is 2. The highest BCUT2D eigenvalue weighted by atomic mass is 35.5. The molecule has 1 aromatic heterocycles. The van der Waals surface area contributed by atoms with Gasteiger partial charge in [0, 0.05) is 22.9 Å². The van der Waals surface area contributed by atoms with E-state index in [-0.39, 0.29) is 12.3 Å². The molecule has 0 radical (unpaired) electrons. The average Bonchev–Trinajstić information content (AvgIpc) is 3.02. The van der Waals surface area contributed by atoms with Crippen molar-refractivity contribution in [3.05, 3.63) is 52.9 Å². The first-order chi connectivity index (χ1) is 12.5. The molecule has 0 unspecified atom stereocenters. The van der Waals surface area contributed by atoms with Gasteiger partial charge in [0.05, 0.1) is 5.25 Å². The second-order valence-electron chi connectivity index (χ2n) is 6.02. The number of furan rings is 1. The summed E-state index contributed by atoms with van der Waals surface area (Å²) in [5.74, 6) is -0.773. The molecule has 1 aromatic carbocycles. The molecule has 4 nitrogen and oxygen atoms in total. The number of aryl methyl sites for hydroxylation is 1. The molecule has 0 spiro atoms. The summed E-state index contributed by atoms with van der Waals surface area (Å²) < 4.78 is 45.1. The number of carbonyl (C=O) groups excluding carboxylic acids is 1. The fourth-order valence-corrected chi connectivity index (χ4v) is 3.36.